The normalized spacial score (nSPS) is 24.7. The van der Waals surface area contributed by atoms with Gasteiger partial charge in [0.1, 0.15) is 5.82 Å². The molecule has 2 aliphatic rings. The van der Waals surface area contributed by atoms with Gasteiger partial charge in [-0.15, -0.1) is 0 Å². The zero-order valence-corrected chi connectivity index (χ0v) is 20.5. The molecule has 0 aromatic heterocycles. The number of hydrogen-bond donors (Lipinski definition) is 0. The maximum absolute atomic E-state index is 15.2. The number of unbranched alkanes of at least 4 members (excludes halogenated alkanes) is 4. The van der Waals surface area contributed by atoms with Gasteiger partial charge >= 0.3 is 5.97 Å². The molecule has 2 aromatic carbocycles. The summed E-state index contributed by atoms with van der Waals surface area (Å²) in [5.74, 6) is -2.12. The van der Waals surface area contributed by atoms with Gasteiger partial charge < -0.3 is 4.74 Å². The van der Waals surface area contributed by atoms with E-state index in [9.17, 15) is 9.18 Å². The Morgan fingerprint density at radius 2 is 1.65 bits per heavy atom. The molecule has 2 aliphatic carbocycles. The van der Waals surface area contributed by atoms with Crippen LogP contribution in [0, 0.1) is 35.2 Å². The molecule has 2 fully saturated rings. The Morgan fingerprint density at radius 1 is 0.912 bits per heavy atom. The first kappa shape index (κ1) is 25.1. The maximum Gasteiger partial charge on any atom is 0.340 e. The molecule has 0 spiro atoms. The average Bonchev–Trinajstić information content (AvgIpc) is 2.85. The van der Waals surface area contributed by atoms with E-state index in [1.54, 1.807) is 6.07 Å². The predicted octanol–water partition coefficient (Wildman–Crippen LogP) is 8.70. The van der Waals surface area contributed by atoms with Crippen LogP contribution in [0.3, 0.4) is 0 Å². The van der Waals surface area contributed by atoms with E-state index >= 15 is 8.78 Å². The van der Waals surface area contributed by atoms with Crippen LogP contribution in [0.4, 0.5) is 13.2 Å². The van der Waals surface area contributed by atoms with Crippen molar-refractivity contribution in [2.24, 2.45) is 17.8 Å². The van der Waals surface area contributed by atoms with E-state index in [2.05, 4.69) is 11.7 Å². The third kappa shape index (κ3) is 5.13. The van der Waals surface area contributed by atoms with Gasteiger partial charge in [-0.3, -0.25) is 0 Å². The van der Waals surface area contributed by atoms with Crippen LogP contribution in [0.25, 0.3) is 10.8 Å². The number of esters is 1. The first-order valence-electron chi connectivity index (χ1n) is 13.1. The lowest BCUT2D eigenvalue weighted by molar-refractivity contribution is 0.0596. The van der Waals surface area contributed by atoms with Crippen molar-refractivity contribution in [3.63, 3.8) is 0 Å². The summed E-state index contributed by atoms with van der Waals surface area (Å²) in [6.45, 7) is 2.25. The minimum absolute atomic E-state index is 0.0471. The molecule has 2 nitrogen and oxygen atoms in total. The van der Waals surface area contributed by atoms with Crippen LogP contribution in [0.1, 0.15) is 106 Å². The van der Waals surface area contributed by atoms with E-state index in [4.69, 9.17) is 0 Å². The van der Waals surface area contributed by atoms with Crippen molar-refractivity contribution in [2.75, 3.05) is 7.11 Å². The van der Waals surface area contributed by atoms with E-state index in [0.29, 0.717) is 17.4 Å². The highest BCUT2D eigenvalue weighted by atomic mass is 19.2. The van der Waals surface area contributed by atoms with Gasteiger partial charge in [0.15, 0.2) is 11.6 Å². The number of halogens is 3. The fraction of sp³-hybridized carbons (Fsp3) is 0.621. The van der Waals surface area contributed by atoms with Gasteiger partial charge in [-0.1, -0.05) is 57.9 Å². The molecule has 2 aromatic rings. The molecule has 2 unspecified atom stereocenters. The van der Waals surface area contributed by atoms with E-state index < -0.39 is 28.8 Å². The summed E-state index contributed by atoms with van der Waals surface area (Å²) in [7, 11) is 1.13. The van der Waals surface area contributed by atoms with Crippen molar-refractivity contribution in [2.45, 2.75) is 89.9 Å². The fourth-order valence-corrected chi connectivity index (χ4v) is 6.53. The first-order chi connectivity index (χ1) is 16.4. The second-order valence-corrected chi connectivity index (χ2v) is 10.5. The second kappa shape index (κ2) is 11.1. The summed E-state index contributed by atoms with van der Waals surface area (Å²) in [5, 5.41) is -0.190. The number of benzene rings is 2. The van der Waals surface area contributed by atoms with Crippen molar-refractivity contribution in [1.82, 2.24) is 0 Å². The van der Waals surface area contributed by atoms with E-state index in [1.807, 2.05) is 0 Å². The highest BCUT2D eigenvalue weighted by molar-refractivity contribution is 5.96. The van der Waals surface area contributed by atoms with E-state index in [0.717, 1.165) is 32.3 Å². The van der Waals surface area contributed by atoms with Crippen LogP contribution in [0.2, 0.25) is 0 Å². The molecule has 0 bridgehead atoms. The van der Waals surface area contributed by atoms with Crippen molar-refractivity contribution in [3.8, 4) is 0 Å². The van der Waals surface area contributed by atoms with Crippen LogP contribution >= 0.6 is 0 Å². The molecular weight excluding hydrogens is 437 g/mol. The largest absolute Gasteiger partial charge is 0.465 e. The van der Waals surface area contributed by atoms with Crippen LogP contribution in [-0.2, 0) is 4.74 Å². The summed E-state index contributed by atoms with van der Waals surface area (Å²) >= 11 is 0. The fourth-order valence-electron chi connectivity index (χ4n) is 6.53. The lowest BCUT2D eigenvalue weighted by Crippen LogP contribution is -2.30. The van der Waals surface area contributed by atoms with Crippen molar-refractivity contribution >= 4 is 16.7 Å². The Kier molecular flexibility index (Phi) is 8.21. The molecular formula is C29H37F3O2. The zero-order valence-electron chi connectivity index (χ0n) is 20.5. The molecule has 5 heteroatoms. The van der Waals surface area contributed by atoms with Crippen molar-refractivity contribution in [3.05, 3.63) is 46.8 Å². The van der Waals surface area contributed by atoms with Gasteiger partial charge in [-0.2, -0.15) is 0 Å². The molecule has 0 radical (unpaired) electrons. The third-order valence-corrected chi connectivity index (χ3v) is 8.43. The number of ether oxygens (including phenoxy) is 1. The third-order valence-electron chi connectivity index (χ3n) is 8.43. The number of methoxy groups -OCH3 is 1. The predicted molar refractivity (Wildman–Crippen MR) is 129 cm³/mol. The molecule has 186 valence electrons. The van der Waals surface area contributed by atoms with Gasteiger partial charge in [0.05, 0.1) is 18.1 Å². The quantitative estimate of drug-likeness (QED) is 0.282. The molecule has 2 saturated carbocycles. The SMILES string of the molecule is CCCCCCCC1CC[C@@H]2CC(c3cc4ccc(C(=O)OC)c(F)c4c(F)c3F)CC[C@H]2C1. The monoisotopic (exact) mass is 474 g/mol. The van der Waals surface area contributed by atoms with Gasteiger partial charge in [-0.25, -0.2) is 18.0 Å². The average molecular weight is 475 g/mol. The molecule has 0 aliphatic heterocycles. The highest BCUT2D eigenvalue weighted by Gasteiger charge is 2.37. The van der Waals surface area contributed by atoms with Gasteiger partial charge in [0, 0.05) is 0 Å². The molecule has 4 atom stereocenters. The minimum atomic E-state index is -1.20. The molecule has 0 saturated heterocycles. The Hall–Kier alpha value is -2.04. The van der Waals surface area contributed by atoms with Crippen molar-refractivity contribution < 1.29 is 22.7 Å². The van der Waals surface area contributed by atoms with E-state index in [1.165, 1.54) is 69.9 Å². The summed E-state index contributed by atoms with van der Waals surface area (Å²) < 4.78 is 49.6. The van der Waals surface area contributed by atoms with Crippen LogP contribution < -0.4 is 0 Å². The number of carbonyl (C=O) groups is 1. The first-order valence-corrected chi connectivity index (χ1v) is 13.1. The smallest absolute Gasteiger partial charge is 0.340 e. The molecule has 0 amide bonds. The minimum Gasteiger partial charge on any atom is -0.465 e. The number of carbonyl (C=O) groups excluding carboxylic acids is 1. The van der Waals surface area contributed by atoms with Crippen LogP contribution in [-0.4, -0.2) is 13.1 Å². The summed E-state index contributed by atoms with van der Waals surface area (Å²) in [6, 6.07) is 4.35. The number of fused-ring (bicyclic) bond motifs is 2. The van der Waals surface area contributed by atoms with Crippen LogP contribution in [0.5, 0.6) is 0 Å². The lowest BCUT2D eigenvalue weighted by Gasteiger charge is -2.42. The molecule has 34 heavy (non-hydrogen) atoms. The second-order valence-electron chi connectivity index (χ2n) is 10.5. The van der Waals surface area contributed by atoms with Gasteiger partial charge in [0.25, 0.3) is 0 Å². The summed E-state index contributed by atoms with van der Waals surface area (Å²) in [5.41, 5.74) is -0.0320. The molecule has 4 rings (SSSR count). The Bertz CT molecular complexity index is 1020. The van der Waals surface area contributed by atoms with Crippen molar-refractivity contribution in [1.29, 1.82) is 0 Å². The summed E-state index contributed by atoms with van der Waals surface area (Å²) in [4.78, 5) is 11.8. The lowest BCUT2D eigenvalue weighted by atomic mass is 9.63. The number of rotatable bonds is 8. The topological polar surface area (TPSA) is 26.3 Å². The Balaban J connectivity index is 1.45. The molecule has 0 N–H and O–H groups in total. The zero-order chi connectivity index (χ0) is 24.2. The van der Waals surface area contributed by atoms with Gasteiger partial charge in [0.2, 0.25) is 0 Å². The Morgan fingerprint density at radius 3 is 2.41 bits per heavy atom. The molecule has 0 heterocycles. The van der Waals surface area contributed by atoms with E-state index in [-0.39, 0.29) is 16.9 Å². The van der Waals surface area contributed by atoms with Gasteiger partial charge in [-0.05, 0) is 78.9 Å². The maximum atomic E-state index is 15.2. The standard InChI is InChI=1S/C29H37F3O2/c1-3-4-5-6-7-8-18-9-10-20-16-21(12-11-19(20)15-18)24-17-22-13-14-23(29(33)34-2)26(30)25(22)28(32)27(24)31/h13-14,17-21H,3-12,15-16H2,1-2H3/t18?,19-,20+,21?/m0/s1. The Labute approximate surface area is 201 Å². The van der Waals surface area contributed by atoms with Crippen LogP contribution in [0.15, 0.2) is 18.2 Å². The number of hydrogen-bond acceptors (Lipinski definition) is 2. The highest BCUT2D eigenvalue weighted by Crippen LogP contribution is 2.49. The summed E-state index contributed by atoms with van der Waals surface area (Å²) in [6.07, 6.45) is 14.4.